The van der Waals surface area contributed by atoms with E-state index in [0.717, 1.165) is 16.3 Å². The predicted octanol–water partition coefficient (Wildman–Crippen LogP) is 5.91. The first-order chi connectivity index (χ1) is 16.9. The topological polar surface area (TPSA) is 80.3 Å². The van der Waals surface area contributed by atoms with Gasteiger partial charge in [0.25, 0.3) is 11.8 Å². The maximum absolute atomic E-state index is 13.0. The van der Waals surface area contributed by atoms with Gasteiger partial charge in [-0.25, -0.2) is 9.37 Å². The van der Waals surface area contributed by atoms with Gasteiger partial charge in [-0.1, -0.05) is 18.2 Å². The van der Waals surface area contributed by atoms with Crippen molar-refractivity contribution in [3.8, 4) is 5.75 Å². The lowest BCUT2D eigenvalue weighted by atomic mass is 10.1. The quantitative estimate of drug-likeness (QED) is 0.322. The van der Waals surface area contributed by atoms with Crippen LogP contribution in [0.3, 0.4) is 0 Å². The Morgan fingerprint density at radius 3 is 2.43 bits per heavy atom. The van der Waals surface area contributed by atoms with Crippen molar-refractivity contribution in [3.63, 3.8) is 0 Å². The molecule has 2 N–H and O–H groups in total. The third-order valence-electron chi connectivity index (χ3n) is 5.27. The number of hydrogen-bond acceptors (Lipinski definition) is 5. The van der Waals surface area contributed by atoms with E-state index < -0.39 is 5.82 Å². The highest BCUT2D eigenvalue weighted by Gasteiger charge is 2.13. The van der Waals surface area contributed by atoms with Gasteiger partial charge in [0.1, 0.15) is 18.2 Å². The molecular weight excluding hydrogens is 465 g/mol. The molecule has 0 bridgehead atoms. The molecule has 0 radical (unpaired) electrons. The van der Waals surface area contributed by atoms with E-state index in [2.05, 4.69) is 15.6 Å². The number of ether oxygens (including phenoxy) is 1. The Labute approximate surface area is 206 Å². The lowest BCUT2D eigenvalue weighted by molar-refractivity contribution is 0.0938. The molecule has 0 aliphatic rings. The van der Waals surface area contributed by atoms with Crippen molar-refractivity contribution in [1.29, 1.82) is 0 Å². The van der Waals surface area contributed by atoms with Crippen molar-refractivity contribution in [2.24, 2.45) is 0 Å². The first-order valence-electron chi connectivity index (χ1n) is 11.0. The highest BCUT2D eigenvalue weighted by Crippen LogP contribution is 2.20. The van der Waals surface area contributed by atoms with Crippen LogP contribution in [-0.2, 0) is 6.61 Å². The fourth-order valence-electron chi connectivity index (χ4n) is 3.38. The van der Waals surface area contributed by atoms with Crippen LogP contribution in [0.1, 0.15) is 49.9 Å². The third-order valence-corrected chi connectivity index (χ3v) is 6.09. The van der Waals surface area contributed by atoms with E-state index in [1.54, 1.807) is 47.7 Å². The van der Waals surface area contributed by atoms with Gasteiger partial charge in [-0.05, 0) is 74.0 Å². The molecule has 8 heteroatoms. The number of aromatic nitrogens is 1. The fourth-order valence-corrected chi connectivity index (χ4v) is 3.98. The summed E-state index contributed by atoms with van der Waals surface area (Å²) < 4.78 is 18.8. The largest absolute Gasteiger partial charge is 0.487 e. The number of amides is 2. The highest BCUT2D eigenvalue weighted by atomic mass is 32.1. The summed E-state index contributed by atoms with van der Waals surface area (Å²) in [4.78, 5) is 29.5. The van der Waals surface area contributed by atoms with E-state index >= 15 is 0 Å². The van der Waals surface area contributed by atoms with Gasteiger partial charge in [-0.15, -0.1) is 11.3 Å². The van der Waals surface area contributed by atoms with E-state index in [9.17, 15) is 14.0 Å². The molecule has 1 atom stereocenters. The van der Waals surface area contributed by atoms with E-state index in [-0.39, 0.29) is 17.9 Å². The zero-order valence-electron chi connectivity index (χ0n) is 19.2. The number of nitrogens with zero attached hydrogens (tertiary/aromatic N) is 1. The number of aryl methyl sites for hydroxylation is 1. The standard InChI is InChI=1S/C27H24FN3O3S/c1-17(19-8-12-23(13-9-19)31-26(32)20-6-10-22(28)11-7-20)29-27(33)21-4-3-5-25(14-21)34-15-24-16-35-18(2)30-24/h3-14,16-17H,15H2,1-2H3,(H,29,33)(H,31,32). The summed E-state index contributed by atoms with van der Waals surface area (Å²) in [5, 5.41) is 8.69. The van der Waals surface area contributed by atoms with Crippen molar-refractivity contribution >= 4 is 28.8 Å². The van der Waals surface area contributed by atoms with Crippen molar-refractivity contribution in [1.82, 2.24) is 10.3 Å². The summed E-state index contributed by atoms with van der Waals surface area (Å²) in [6, 6.07) is 19.3. The summed E-state index contributed by atoms with van der Waals surface area (Å²) in [5.41, 5.74) is 3.19. The number of benzene rings is 3. The second-order valence-electron chi connectivity index (χ2n) is 7.95. The van der Waals surface area contributed by atoms with Crippen LogP contribution in [0.2, 0.25) is 0 Å². The van der Waals surface area contributed by atoms with Crippen LogP contribution in [0.4, 0.5) is 10.1 Å². The van der Waals surface area contributed by atoms with Crippen molar-refractivity contribution in [2.75, 3.05) is 5.32 Å². The molecule has 0 aliphatic heterocycles. The van der Waals surface area contributed by atoms with Crippen molar-refractivity contribution < 1.29 is 18.7 Å². The minimum atomic E-state index is -0.396. The van der Waals surface area contributed by atoms with Crippen molar-refractivity contribution in [3.05, 3.63) is 111 Å². The molecule has 35 heavy (non-hydrogen) atoms. The number of halogens is 1. The Balaban J connectivity index is 1.33. The molecule has 4 rings (SSSR count). The van der Waals surface area contributed by atoms with Gasteiger partial charge in [0.15, 0.2) is 0 Å². The van der Waals surface area contributed by atoms with Crippen LogP contribution in [-0.4, -0.2) is 16.8 Å². The molecular formula is C27H24FN3O3S. The molecule has 1 heterocycles. The smallest absolute Gasteiger partial charge is 0.255 e. The van der Waals surface area contributed by atoms with Gasteiger partial charge in [-0.3, -0.25) is 9.59 Å². The lowest BCUT2D eigenvalue weighted by Crippen LogP contribution is -2.26. The molecule has 0 spiro atoms. The molecule has 0 saturated carbocycles. The SMILES string of the molecule is Cc1nc(COc2cccc(C(=O)NC(C)c3ccc(NC(=O)c4ccc(F)cc4)cc3)c2)cs1. The monoisotopic (exact) mass is 489 g/mol. The van der Waals surface area contributed by atoms with Gasteiger partial charge < -0.3 is 15.4 Å². The minimum absolute atomic E-state index is 0.221. The molecule has 178 valence electrons. The Bertz CT molecular complexity index is 1320. The average Bonchev–Trinajstić information content (AvgIpc) is 3.28. The molecule has 4 aromatic rings. The minimum Gasteiger partial charge on any atom is -0.487 e. The number of hydrogen-bond donors (Lipinski definition) is 2. The van der Waals surface area contributed by atoms with Gasteiger partial charge in [0.05, 0.1) is 16.7 Å². The van der Waals surface area contributed by atoms with Gasteiger partial charge >= 0.3 is 0 Å². The first kappa shape index (κ1) is 24.1. The number of carbonyl (C=O) groups excluding carboxylic acids is 2. The first-order valence-corrected chi connectivity index (χ1v) is 11.9. The zero-order chi connectivity index (χ0) is 24.8. The van der Waals surface area contributed by atoms with E-state index in [1.165, 1.54) is 24.3 Å². The molecule has 1 aromatic heterocycles. The van der Waals surface area contributed by atoms with Gasteiger partial charge in [0, 0.05) is 22.2 Å². The highest BCUT2D eigenvalue weighted by molar-refractivity contribution is 7.09. The van der Waals surface area contributed by atoms with E-state index in [0.29, 0.717) is 29.2 Å². The average molecular weight is 490 g/mol. The summed E-state index contributed by atoms with van der Waals surface area (Å²) in [7, 11) is 0. The maximum Gasteiger partial charge on any atom is 0.255 e. The molecule has 0 aliphatic carbocycles. The Morgan fingerprint density at radius 1 is 1.00 bits per heavy atom. The van der Waals surface area contributed by atoms with Crippen LogP contribution in [0.15, 0.2) is 78.2 Å². The number of anilines is 1. The molecule has 6 nitrogen and oxygen atoms in total. The number of rotatable bonds is 8. The fraction of sp³-hybridized carbons (Fsp3) is 0.148. The lowest BCUT2D eigenvalue weighted by Gasteiger charge is -2.16. The molecule has 1 unspecified atom stereocenters. The summed E-state index contributed by atoms with van der Waals surface area (Å²) in [5.74, 6) is -0.351. The van der Waals surface area contributed by atoms with Gasteiger partial charge in [0.2, 0.25) is 0 Å². The number of thiazole rings is 1. The second-order valence-corrected chi connectivity index (χ2v) is 9.01. The second kappa shape index (κ2) is 10.9. The van der Waals surface area contributed by atoms with Crippen LogP contribution in [0.5, 0.6) is 5.75 Å². The molecule has 3 aromatic carbocycles. The summed E-state index contributed by atoms with van der Waals surface area (Å²) in [6.07, 6.45) is 0. The van der Waals surface area contributed by atoms with Gasteiger partial charge in [-0.2, -0.15) is 0 Å². The number of nitrogens with one attached hydrogen (secondary N) is 2. The summed E-state index contributed by atoms with van der Waals surface area (Å²) >= 11 is 1.57. The Morgan fingerprint density at radius 2 is 1.74 bits per heavy atom. The van der Waals surface area contributed by atoms with E-state index in [1.807, 2.05) is 31.4 Å². The molecule has 2 amide bonds. The van der Waals surface area contributed by atoms with Crippen LogP contribution in [0.25, 0.3) is 0 Å². The Kier molecular flexibility index (Phi) is 7.52. The van der Waals surface area contributed by atoms with Crippen LogP contribution < -0.4 is 15.4 Å². The maximum atomic E-state index is 13.0. The summed E-state index contributed by atoms with van der Waals surface area (Å²) in [6.45, 7) is 4.17. The predicted molar refractivity (Wildman–Crippen MR) is 134 cm³/mol. The van der Waals surface area contributed by atoms with Crippen LogP contribution >= 0.6 is 11.3 Å². The normalized spacial score (nSPS) is 11.5. The molecule has 0 fully saturated rings. The van der Waals surface area contributed by atoms with E-state index in [4.69, 9.17) is 4.74 Å². The zero-order valence-corrected chi connectivity index (χ0v) is 20.1. The Hall–Kier alpha value is -4.04. The van der Waals surface area contributed by atoms with Crippen LogP contribution in [0, 0.1) is 12.7 Å². The third kappa shape index (κ3) is 6.51. The van der Waals surface area contributed by atoms with Crippen molar-refractivity contribution in [2.45, 2.75) is 26.5 Å². The molecule has 0 saturated heterocycles. The number of carbonyl (C=O) groups is 2.